The number of rotatable bonds is 9. The van der Waals surface area contributed by atoms with Gasteiger partial charge in [0.1, 0.15) is 17.6 Å². The topological polar surface area (TPSA) is 77.1 Å². The van der Waals surface area contributed by atoms with Crippen molar-refractivity contribution in [2.75, 3.05) is 13.4 Å². The lowest BCUT2D eigenvalue weighted by Crippen LogP contribution is -2.48. The first-order valence-electron chi connectivity index (χ1n) is 10.9. The summed E-state index contributed by atoms with van der Waals surface area (Å²) in [6.45, 7) is 1.99. The van der Waals surface area contributed by atoms with Crippen LogP contribution in [-0.2, 0) is 22.7 Å². The molecule has 7 nitrogen and oxygen atoms in total. The zero-order valence-electron chi connectivity index (χ0n) is 18.7. The van der Waals surface area contributed by atoms with Crippen LogP contribution in [0.5, 0.6) is 17.2 Å². The molecule has 34 heavy (non-hydrogen) atoms. The van der Waals surface area contributed by atoms with Crippen molar-refractivity contribution in [3.63, 3.8) is 0 Å². The van der Waals surface area contributed by atoms with E-state index in [4.69, 9.17) is 14.2 Å². The number of carbonyl (C=O) groups is 2. The number of hydrogen-bond acceptors (Lipinski definition) is 5. The largest absolute Gasteiger partial charge is 0.484 e. The lowest BCUT2D eigenvalue weighted by molar-refractivity contribution is -0.142. The zero-order chi connectivity index (χ0) is 23.9. The van der Waals surface area contributed by atoms with Gasteiger partial charge in [-0.3, -0.25) is 9.59 Å². The van der Waals surface area contributed by atoms with Crippen LogP contribution in [0.15, 0.2) is 72.8 Å². The Bertz CT molecular complexity index is 1140. The van der Waals surface area contributed by atoms with Crippen LogP contribution in [-0.4, -0.2) is 36.2 Å². The molecule has 3 aromatic rings. The summed E-state index contributed by atoms with van der Waals surface area (Å²) in [7, 11) is 0. The molecular weight excluding hydrogens is 439 g/mol. The highest BCUT2D eigenvalue weighted by Gasteiger charge is 2.26. The Kier molecular flexibility index (Phi) is 7.27. The van der Waals surface area contributed by atoms with E-state index in [0.29, 0.717) is 22.8 Å². The molecule has 0 saturated carbocycles. The average Bonchev–Trinajstić information content (AvgIpc) is 3.33. The fourth-order valence-electron chi connectivity index (χ4n) is 3.50. The van der Waals surface area contributed by atoms with Crippen molar-refractivity contribution in [2.45, 2.75) is 26.1 Å². The molecule has 3 aromatic carbocycles. The predicted molar refractivity (Wildman–Crippen MR) is 123 cm³/mol. The SMILES string of the molecule is C[C@@H](C(=O)NCc1ccc2c(c1)OCO2)N(Cc1ccc(F)cc1)C(=O)COc1ccccc1. The molecule has 0 radical (unpaired) electrons. The second kappa shape index (κ2) is 10.7. The van der Waals surface area contributed by atoms with E-state index >= 15 is 0 Å². The van der Waals surface area contributed by atoms with Crippen molar-refractivity contribution in [1.29, 1.82) is 0 Å². The summed E-state index contributed by atoms with van der Waals surface area (Å²) in [5.74, 6) is 0.789. The molecule has 0 saturated heterocycles. The first-order chi connectivity index (χ1) is 16.5. The third-order valence-electron chi connectivity index (χ3n) is 5.44. The van der Waals surface area contributed by atoms with Gasteiger partial charge in [0.05, 0.1) is 0 Å². The van der Waals surface area contributed by atoms with Crippen molar-refractivity contribution < 1.29 is 28.2 Å². The van der Waals surface area contributed by atoms with Gasteiger partial charge in [-0.15, -0.1) is 0 Å². The standard InChI is InChI=1S/C26H25FN2O5/c1-18(26(31)28-14-20-9-12-23-24(13-20)34-17-33-23)29(15-19-7-10-21(27)11-8-19)25(30)16-32-22-5-3-2-4-6-22/h2-13,18H,14-17H2,1H3,(H,28,31)/t18-/m0/s1. The van der Waals surface area contributed by atoms with Gasteiger partial charge in [-0.2, -0.15) is 0 Å². The molecule has 1 heterocycles. The molecule has 0 unspecified atom stereocenters. The Balaban J connectivity index is 1.42. The van der Waals surface area contributed by atoms with E-state index in [-0.39, 0.29) is 44.1 Å². The molecule has 1 atom stereocenters. The Morgan fingerprint density at radius 1 is 1.00 bits per heavy atom. The average molecular weight is 464 g/mol. The molecule has 0 aliphatic carbocycles. The predicted octanol–water partition coefficient (Wildman–Crippen LogP) is 3.67. The van der Waals surface area contributed by atoms with Gasteiger partial charge in [-0.25, -0.2) is 4.39 Å². The molecule has 0 spiro atoms. The number of nitrogens with zero attached hydrogens (tertiary/aromatic N) is 1. The lowest BCUT2D eigenvalue weighted by Gasteiger charge is -2.28. The van der Waals surface area contributed by atoms with Gasteiger partial charge in [-0.05, 0) is 54.4 Å². The van der Waals surface area contributed by atoms with Crippen LogP contribution < -0.4 is 19.5 Å². The molecule has 8 heteroatoms. The molecule has 2 amide bonds. The second-order valence-corrected chi connectivity index (χ2v) is 7.83. The van der Waals surface area contributed by atoms with Crippen molar-refractivity contribution in [3.05, 3.63) is 89.7 Å². The van der Waals surface area contributed by atoms with Gasteiger partial charge in [-0.1, -0.05) is 36.4 Å². The number of carbonyl (C=O) groups excluding carboxylic acids is 2. The van der Waals surface area contributed by atoms with E-state index in [2.05, 4.69) is 5.32 Å². The Morgan fingerprint density at radius 3 is 2.47 bits per heavy atom. The third-order valence-corrected chi connectivity index (χ3v) is 5.44. The van der Waals surface area contributed by atoms with Crippen molar-refractivity contribution in [2.24, 2.45) is 0 Å². The molecule has 1 aliphatic rings. The van der Waals surface area contributed by atoms with Gasteiger partial charge in [0.15, 0.2) is 18.1 Å². The molecule has 4 rings (SSSR count). The molecule has 1 aliphatic heterocycles. The Hall–Kier alpha value is -4.07. The molecule has 0 bridgehead atoms. The fourth-order valence-corrected chi connectivity index (χ4v) is 3.50. The summed E-state index contributed by atoms with van der Waals surface area (Å²) >= 11 is 0. The van der Waals surface area contributed by atoms with E-state index in [9.17, 15) is 14.0 Å². The van der Waals surface area contributed by atoms with Gasteiger partial charge in [0, 0.05) is 13.1 Å². The zero-order valence-corrected chi connectivity index (χ0v) is 18.7. The summed E-state index contributed by atoms with van der Waals surface area (Å²) in [4.78, 5) is 27.4. The Morgan fingerprint density at radius 2 is 1.71 bits per heavy atom. The maximum atomic E-state index is 13.3. The molecule has 0 aromatic heterocycles. The maximum absolute atomic E-state index is 13.3. The highest BCUT2D eigenvalue weighted by atomic mass is 19.1. The van der Waals surface area contributed by atoms with Crippen LogP contribution >= 0.6 is 0 Å². The fraction of sp³-hybridized carbons (Fsp3) is 0.231. The monoisotopic (exact) mass is 464 g/mol. The van der Waals surface area contributed by atoms with Crippen molar-refractivity contribution in [1.82, 2.24) is 10.2 Å². The highest BCUT2D eigenvalue weighted by Crippen LogP contribution is 2.32. The third kappa shape index (κ3) is 5.83. The van der Waals surface area contributed by atoms with Gasteiger partial charge in [0.25, 0.3) is 5.91 Å². The van der Waals surface area contributed by atoms with Crippen LogP contribution in [0.3, 0.4) is 0 Å². The quantitative estimate of drug-likeness (QED) is 0.523. The summed E-state index contributed by atoms with van der Waals surface area (Å²) in [5, 5.41) is 2.86. The number of nitrogens with one attached hydrogen (secondary N) is 1. The van der Waals surface area contributed by atoms with Gasteiger partial charge < -0.3 is 24.4 Å². The molecule has 0 fully saturated rings. The first kappa shape index (κ1) is 23.1. The summed E-state index contributed by atoms with van der Waals surface area (Å²) < 4.78 is 29.6. The first-order valence-corrected chi connectivity index (χ1v) is 10.9. The minimum absolute atomic E-state index is 0.135. The number of fused-ring (bicyclic) bond motifs is 1. The molecule has 1 N–H and O–H groups in total. The lowest BCUT2D eigenvalue weighted by atomic mass is 10.1. The maximum Gasteiger partial charge on any atom is 0.261 e. The van der Waals surface area contributed by atoms with Gasteiger partial charge >= 0.3 is 0 Å². The number of halogens is 1. The smallest absolute Gasteiger partial charge is 0.261 e. The summed E-state index contributed by atoms with van der Waals surface area (Å²) in [5.41, 5.74) is 1.54. The number of ether oxygens (including phenoxy) is 3. The van der Waals surface area contributed by atoms with Crippen LogP contribution in [0.25, 0.3) is 0 Å². The van der Waals surface area contributed by atoms with Crippen LogP contribution in [0.4, 0.5) is 4.39 Å². The summed E-state index contributed by atoms with van der Waals surface area (Å²) in [6.07, 6.45) is 0. The summed E-state index contributed by atoms with van der Waals surface area (Å²) in [6, 6.07) is 19.4. The van der Waals surface area contributed by atoms with E-state index in [1.807, 2.05) is 30.3 Å². The van der Waals surface area contributed by atoms with Crippen LogP contribution in [0.2, 0.25) is 0 Å². The minimum atomic E-state index is -0.786. The number of hydrogen-bond donors (Lipinski definition) is 1. The second-order valence-electron chi connectivity index (χ2n) is 7.83. The van der Waals surface area contributed by atoms with E-state index < -0.39 is 6.04 Å². The number of amides is 2. The van der Waals surface area contributed by atoms with E-state index in [0.717, 1.165) is 5.56 Å². The highest BCUT2D eigenvalue weighted by molar-refractivity contribution is 5.88. The van der Waals surface area contributed by atoms with E-state index in [1.165, 1.54) is 17.0 Å². The van der Waals surface area contributed by atoms with Gasteiger partial charge in [0.2, 0.25) is 12.7 Å². The molecule has 176 valence electrons. The minimum Gasteiger partial charge on any atom is -0.484 e. The Labute approximate surface area is 197 Å². The normalized spacial score (nSPS) is 12.6. The van der Waals surface area contributed by atoms with Crippen LogP contribution in [0.1, 0.15) is 18.1 Å². The van der Waals surface area contributed by atoms with Crippen molar-refractivity contribution >= 4 is 11.8 Å². The number of para-hydroxylation sites is 1. The van der Waals surface area contributed by atoms with E-state index in [1.54, 1.807) is 37.3 Å². The van der Waals surface area contributed by atoms with Crippen molar-refractivity contribution in [3.8, 4) is 17.2 Å². The number of benzene rings is 3. The molecular formula is C26H25FN2O5. The van der Waals surface area contributed by atoms with Crippen LogP contribution in [0, 0.1) is 5.82 Å².